The Morgan fingerprint density at radius 1 is 1.28 bits per heavy atom. The fourth-order valence-electron chi connectivity index (χ4n) is 2.71. The third-order valence-corrected chi connectivity index (χ3v) is 6.14. The van der Waals surface area contributed by atoms with Crippen molar-refractivity contribution in [3.05, 3.63) is 51.2 Å². The second kappa shape index (κ2) is 6.49. The number of nitrogens with one attached hydrogen (secondary N) is 1. The summed E-state index contributed by atoms with van der Waals surface area (Å²) in [6.45, 7) is 0.621. The Hall–Kier alpha value is -2.39. The van der Waals surface area contributed by atoms with Crippen molar-refractivity contribution in [3.63, 3.8) is 0 Å². The van der Waals surface area contributed by atoms with Crippen LogP contribution in [0.25, 0.3) is 0 Å². The second-order valence-corrected chi connectivity index (χ2v) is 8.76. The van der Waals surface area contributed by atoms with Crippen LogP contribution >= 0.6 is 11.3 Å². The Morgan fingerprint density at radius 2 is 2.04 bits per heavy atom. The lowest BCUT2D eigenvalue weighted by atomic mass is 10.1. The molecule has 1 aliphatic rings. The molecule has 0 saturated carbocycles. The highest BCUT2D eigenvalue weighted by Crippen LogP contribution is 2.30. The van der Waals surface area contributed by atoms with E-state index in [4.69, 9.17) is 5.11 Å². The van der Waals surface area contributed by atoms with Gasteiger partial charge in [0.1, 0.15) is 4.88 Å². The molecule has 9 heteroatoms. The predicted molar refractivity (Wildman–Crippen MR) is 94.8 cm³/mol. The molecule has 0 bridgehead atoms. The number of nitrogens with zero attached hydrogens (tertiary/aromatic N) is 1. The van der Waals surface area contributed by atoms with E-state index >= 15 is 0 Å². The molecule has 0 aliphatic carbocycles. The van der Waals surface area contributed by atoms with Crippen LogP contribution in [0.3, 0.4) is 0 Å². The van der Waals surface area contributed by atoms with Crippen molar-refractivity contribution in [2.75, 3.05) is 17.1 Å². The number of anilines is 1. The minimum atomic E-state index is -3.31. The number of carbonyl (C=O) groups is 2. The van der Waals surface area contributed by atoms with Gasteiger partial charge in [-0.2, -0.15) is 0 Å². The lowest BCUT2D eigenvalue weighted by Gasteiger charge is -2.16. The summed E-state index contributed by atoms with van der Waals surface area (Å²) in [5, 5.41) is 11.6. The highest BCUT2D eigenvalue weighted by molar-refractivity contribution is 7.92. The van der Waals surface area contributed by atoms with Crippen LogP contribution < -0.4 is 9.62 Å². The van der Waals surface area contributed by atoms with Crippen molar-refractivity contribution >= 4 is 38.9 Å². The molecule has 25 heavy (non-hydrogen) atoms. The summed E-state index contributed by atoms with van der Waals surface area (Å²) >= 11 is 1.11. The van der Waals surface area contributed by atoms with Gasteiger partial charge in [-0.05, 0) is 42.3 Å². The summed E-state index contributed by atoms with van der Waals surface area (Å²) in [4.78, 5) is 24.1. The summed E-state index contributed by atoms with van der Waals surface area (Å²) in [7, 11) is -3.31. The first-order chi connectivity index (χ1) is 11.8. The van der Waals surface area contributed by atoms with Crippen LogP contribution in [0.1, 0.15) is 30.5 Å². The SMILES string of the molecule is CS(=O)(=O)N1CCc2cc(C(=O)NCc3ccc(C(=O)O)s3)ccc21. The number of carboxylic acid groups (broad SMARTS) is 1. The number of sulfonamides is 1. The first-order valence-electron chi connectivity index (χ1n) is 7.46. The van der Waals surface area contributed by atoms with Crippen molar-refractivity contribution in [3.8, 4) is 0 Å². The average molecular weight is 380 g/mol. The minimum Gasteiger partial charge on any atom is -0.477 e. The Balaban J connectivity index is 1.70. The van der Waals surface area contributed by atoms with E-state index < -0.39 is 16.0 Å². The molecule has 2 heterocycles. The molecule has 0 saturated heterocycles. The third kappa shape index (κ3) is 3.67. The number of thiophene rings is 1. The number of benzene rings is 1. The van der Waals surface area contributed by atoms with Gasteiger partial charge in [-0.25, -0.2) is 13.2 Å². The highest BCUT2D eigenvalue weighted by Gasteiger charge is 2.26. The number of carboxylic acids is 1. The van der Waals surface area contributed by atoms with Gasteiger partial charge in [0.15, 0.2) is 0 Å². The van der Waals surface area contributed by atoms with E-state index in [9.17, 15) is 18.0 Å². The van der Waals surface area contributed by atoms with Gasteiger partial charge in [0.2, 0.25) is 10.0 Å². The van der Waals surface area contributed by atoms with Gasteiger partial charge in [-0.3, -0.25) is 9.10 Å². The number of rotatable bonds is 5. The zero-order chi connectivity index (χ0) is 18.2. The van der Waals surface area contributed by atoms with E-state index in [0.29, 0.717) is 24.2 Å². The van der Waals surface area contributed by atoms with Crippen LogP contribution in [-0.2, 0) is 23.0 Å². The van der Waals surface area contributed by atoms with Crippen molar-refractivity contribution in [2.24, 2.45) is 0 Å². The molecule has 1 aromatic carbocycles. The van der Waals surface area contributed by atoms with Gasteiger partial charge in [0.05, 0.1) is 18.5 Å². The monoisotopic (exact) mass is 380 g/mol. The minimum absolute atomic E-state index is 0.225. The first kappa shape index (κ1) is 17.4. The van der Waals surface area contributed by atoms with Gasteiger partial charge in [-0.1, -0.05) is 0 Å². The molecule has 2 aromatic rings. The number of hydrogen-bond donors (Lipinski definition) is 2. The number of amides is 1. The predicted octanol–water partition coefficient (Wildman–Crippen LogP) is 1.70. The Kier molecular flexibility index (Phi) is 4.53. The first-order valence-corrected chi connectivity index (χ1v) is 10.1. The summed E-state index contributed by atoms with van der Waals surface area (Å²) in [5.74, 6) is -1.28. The number of hydrogen-bond acceptors (Lipinski definition) is 5. The highest BCUT2D eigenvalue weighted by atomic mass is 32.2. The standard InChI is InChI=1S/C16H16N2O5S2/c1-25(22,23)18-7-6-10-8-11(2-4-13(10)18)15(19)17-9-12-3-5-14(24-12)16(20)21/h2-5,8H,6-7,9H2,1H3,(H,17,19)(H,20,21). The molecule has 1 aliphatic heterocycles. The summed E-state index contributed by atoms with van der Waals surface area (Å²) in [5.41, 5.74) is 1.88. The van der Waals surface area contributed by atoms with Gasteiger partial charge in [-0.15, -0.1) is 11.3 Å². The molecule has 0 unspecified atom stereocenters. The van der Waals surface area contributed by atoms with Gasteiger partial charge in [0.25, 0.3) is 5.91 Å². The topological polar surface area (TPSA) is 104 Å². The van der Waals surface area contributed by atoms with Crippen LogP contribution in [0, 0.1) is 0 Å². The van der Waals surface area contributed by atoms with Gasteiger partial charge in [0, 0.05) is 17.0 Å². The zero-order valence-corrected chi connectivity index (χ0v) is 15.0. The Morgan fingerprint density at radius 3 is 2.68 bits per heavy atom. The molecule has 1 amide bonds. The van der Waals surface area contributed by atoms with Crippen LogP contribution in [0.2, 0.25) is 0 Å². The number of carbonyl (C=O) groups excluding carboxylic acids is 1. The smallest absolute Gasteiger partial charge is 0.345 e. The fraction of sp³-hybridized carbons (Fsp3) is 0.250. The second-order valence-electron chi connectivity index (χ2n) is 5.68. The number of aromatic carboxylic acids is 1. The average Bonchev–Trinajstić information content (AvgIpc) is 3.18. The molecule has 3 rings (SSSR count). The number of fused-ring (bicyclic) bond motifs is 1. The van der Waals surface area contributed by atoms with E-state index in [-0.39, 0.29) is 17.3 Å². The van der Waals surface area contributed by atoms with E-state index in [2.05, 4.69) is 5.32 Å². The molecule has 2 N–H and O–H groups in total. The van der Waals surface area contributed by atoms with E-state index in [1.54, 1.807) is 24.3 Å². The van der Waals surface area contributed by atoms with E-state index in [1.165, 1.54) is 10.4 Å². The third-order valence-electron chi connectivity index (χ3n) is 3.89. The van der Waals surface area contributed by atoms with Crippen molar-refractivity contribution in [1.82, 2.24) is 5.32 Å². The molecule has 0 spiro atoms. The van der Waals surface area contributed by atoms with Crippen LogP contribution in [0.4, 0.5) is 5.69 Å². The maximum atomic E-state index is 12.3. The van der Waals surface area contributed by atoms with Gasteiger partial charge < -0.3 is 10.4 Å². The van der Waals surface area contributed by atoms with Crippen molar-refractivity contribution < 1.29 is 23.1 Å². The zero-order valence-electron chi connectivity index (χ0n) is 13.4. The Bertz CT molecular complexity index is 949. The van der Waals surface area contributed by atoms with E-state index in [0.717, 1.165) is 28.0 Å². The van der Waals surface area contributed by atoms with Gasteiger partial charge >= 0.3 is 5.97 Å². The maximum absolute atomic E-state index is 12.3. The molecule has 0 fully saturated rings. The van der Waals surface area contributed by atoms with Crippen molar-refractivity contribution in [1.29, 1.82) is 0 Å². The quantitative estimate of drug-likeness (QED) is 0.822. The summed E-state index contributed by atoms with van der Waals surface area (Å²) in [6, 6.07) is 8.11. The molecule has 132 valence electrons. The van der Waals surface area contributed by atoms with Crippen molar-refractivity contribution in [2.45, 2.75) is 13.0 Å². The molecular formula is C16H16N2O5S2. The van der Waals surface area contributed by atoms with Crippen LogP contribution in [0.15, 0.2) is 30.3 Å². The normalized spacial score (nSPS) is 13.6. The van der Waals surface area contributed by atoms with E-state index in [1.807, 2.05) is 0 Å². The van der Waals surface area contributed by atoms with Crippen LogP contribution in [-0.4, -0.2) is 38.2 Å². The van der Waals surface area contributed by atoms with Crippen LogP contribution in [0.5, 0.6) is 0 Å². The molecule has 0 radical (unpaired) electrons. The molecule has 1 aromatic heterocycles. The lowest BCUT2D eigenvalue weighted by Crippen LogP contribution is -2.27. The summed E-state index contributed by atoms with van der Waals surface area (Å²) < 4.78 is 24.8. The summed E-state index contributed by atoms with van der Waals surface area (Å²) in [6.07, 6.45) is 1.73. The molecular weight excluding hydrogens is 364 g/mol. The fourth-order valence-corrected chi connectivity index (χ4v) is 4.46. The maximum Gasteiger partial charge on any atom is 0.345 e. The lowest BCUT2D eigenvalue weighted by molar-refractivity contribution is 0.0702. The Labute approximate surface area is 149 Å². The molecule has 0 atom stereocenters. The molecule has 7 nitrogen and oxygen atoms in total. The largest absolute Gasteiger partial charge is 0.477 e.